The summed E-state index contributed by atoms with van der Waals surface area (Å²) in [6.45, 7) is 36.2. The molecule has 1 N–H and O–H groups in total. The molecule has 722 valence electrons. The SMILES string of the molecule is CC(C)(C)OC(=O)N1CCN(c2cc(B3OC(C)(C)C(C)(C)O3)ccn2)CC1.COc1ccc(CBr)c(F)c1Br.COc1ccc(Cc2ccnc(N3CCN(C(=O)OC(C)(C)C)CC3)c2)c(F)c1-c1cccc(Cl)c1.COc1ccc(Cc2ccnc(N3CCN(C(=O)OC(C)(C)C)CC3)c2)c(F)c1Br.COc1ccc(Cc2ccnc(N3CCNCC3)c2)c(F)c1-c1cccc(Cl)c1. The molecule has 0 aliphatic carbocycles. The zero-order valence-electron chi connectivity index (χ0n) is 79.6. The largest absolute Gasteiger partial charge is 0.496 e. The van der Waals surface area contributed by atoms with Gasteiger partial charge in [0, 0.05) is 164 Å². The standard InChI is InChI=1S/C28H31ClFN3O3.C23H23ClFN3O.C22H27BrFN3O3.C20H32BN3O4.C8H7Br2FO/c1-28(2,3)36-27(34)33-14-12-32(13-15-33)24-17-19(10-11-31-24)16-21-8-9-23(35-4)25(26(21)30)20-6-5-7-22(29)18-20;1-29-20-6-5-18(23(25)22(20)17-3-2-4-19(24)15-17)13-16-7-8-27-21(14-16)28-11-9-26-10-12-28;1-22(2,3)30-21(28)27-11-9-26(10-12-27)18-14-15(7-8-25-18)13-16-5-6-17(29-4)19(23)20(16)24;1-18(2,3)26-17(25)24-12-10-23(11-13-24)16-14-15(8-9-22-16)21-27-19(4,5)20(6,7)28-21;1-12-6-3-2-5(4-9)8(11)7(6)10/h5-11,17-18H,12-16H2,1-4H3;2-8,14-15,26H,9-13H2,1H3;5-8,14H,9-13H2,1-4H3;8-9,14H,10-13H2,1-7H3;2-3H,4H2,1H3. The fraction of sp³-hybridized carbons (Fsp3) is 0.416. The van der Waals surface area contributed by atoms with Crippen molar-refractivity contribution in [1.29, 1.82) is 0 Å². The van der Waals surface area contributed by atoms with Crippen LogP contribution in [0.25, 0.3) is 22.3 Å². The van der Waals surface area contributed by atoms with Crippen molar-refractivity contribution in [1.82, 2.24) is 40.0 Å². The number of carbonyl (C=O) groups excluding carboxylic acids is 3. The van der Waals surface area contributed by atoms with Crippen molar-refractivity contribution < 1.29 is 74.4 Å². The number of hydrogen-bond donors (Lipinski definition) is 1. The molecular weight excluding hydrogens is 1970 g/mol. The van der Waals surface area contributed by atoms with Crippen molar-refractivity contribution in [3.8, 4) is 45.3 Å². The number of amides is 3. The van der Waals surface area contributed by atoms with E-state index >= 15 is 8.78 Å². The molecule has 15 rings (SSSR count). The average Bonchev–Trinajstić information content (AvgIpc) is 1.66. The molecule has 0 saturated carbocycles. The Bertz CT molecular complexity index is 5670. The molecule has 135 heavy (non-hydrogen) atoms. The van der Waals surface area contributed by atoms with Crippen LogP contribution in [0.4, 0.5) is 55.2 Å². The summed E-state index contributed by atoms with van der Waals surface area (Å²) in [6, 6.07) is 44.0. The lowest BCUT2D eigenvalue weighted by Crippen LogP contribution is -2.50. The lowest BCUT2D eigenvalue weighted by Gasteiger charge is -2.36. The molecule has 24 nitrogen and oxygen atoms in total. The number of hydrogen-bond acceptors (Lipinski definition) is 21. The maximum absolute atomic E-state index is 15.7. The second-order valence-electron chi connectivity index (χ2n) is 36.7. The number of nitrogens with one attached hydrogen (secondary N) is 1. The number of rotatable bonds is 18. The topological polar surface area (TPSA) is 221 Å². The van der Waals surface area contributed by atoms with Gasteiger partial charge in [-0.25, -0.2) is 51.9 Å². The number of benzene rings is 6. The maximum atomic E-state index is 15.7. The van der Waals surface area contributed by atoms with Gasteiger partial charge in [-0.3, -0.25) is 0 Å². The molecule has 0 unspecified atom stereocenters. The van der Waals surface area contributed by atoms with E-state index in [1.54, 1.807) is 119 Å². The first-order chi connectivity index (χ1) is 64.0. The number of carbonyl (C=O) groups is 3. The van der Waals surface area contributed by atoms with Crippen LogP contribution < -0.4 is 49.3 Å². The van der Waals surface area contributed by atoms with Crippen LogP contribution in [0.15, 0.2) is 179 Å². The minimum absolute atomic E-state index is 0.258. The second kappa shape index (κ2) is 47.2. The van der Waals surface area contributed by atoms with Crippen molar-refractivity contribution in [3.05, 3.63) is 252 Å². The number of alkyl halides is 1. The highest BCUT2D eigenvalue weighted by atomic mass is 79.9. The summed E-state index contributed by atoms with van der Waals surface area (Å²) in [7, 11) is 5.69. The number of methoxy groups -OCH3 is 4. The van der Waals surface area contributed by atoms with Crippen LogP contribution in [0.5, 0.6) is 23.0 Å². The highest BCUT2D eigenvalue weighted by molar-refractivity contribution is 9.11. The maximum Gasteiger partial charge on any atom is 0.495 e. The Kier molecular flexibility index (Phi) is 36.8. The minimum Gasteiger partial charge on any atom is -0.496 e. The molecule has 0 spiro atoms. The second-order valence-corrected chi connectivity index (χ2v) is 39.7. The Balaban J connectivity index is 0.000000167. The van der Waals surface area contributed by atoms with Crippen LogP contribution in [0.3, 0.4) is 0 Å². The van der Waals surface area contributed by atoms with Crippen molar-refractivity contribution in [2.45, 2.75) is 143 Å². The van der Waals surface area contributed by atoms with Crippen molar-refractivity contribution >= 4 is 125 Å². The molecule has 3 amide bonds. The van der Waals surface area contributed by atoms with Gasteiger partial charge in [0.25, 0.3) is 0 Å². The molecule has 5 fully saturated rings. The zero-order chi connectivity index (χ0) is 97.9. The van der Waals surface area contributed by atoms with Gasteiger partial charge in [-0.2, -0.15) is 0 Å². The van der Waals surface area contributed by atoms with Crippen LogP contribution in [0.2, 0.25) is 10.0 Å². The molecule has 4 aromatic heterocycles. The number of ether oxygens (including phenoxy) is 7. The zero-order valence-corrected chi connectivity index (χ0v) is 85.9. The Morgan fingerprint density at radius 1 is 0.407 bits per heavy atom. The fourth-order valence-corrected chi connectivity index (χ4v) is 17.1. The number of aromatic nitrogens is 4. The van der Waals surface area contributed by atoms with E-state index in [2.05, 4.69) is 92.6 Å². The molecule has 0 bridgehead atoms. The Morgan fingerprint density at radius 3 is 1.04 bits per heavy atom. The van der Waals surface area contributed by atoms with E-state index in [1.807, 2.05) is 163 Å². The van der Waals surface area contributed by atoms with Crippen molar-refractivity contribution in [2.24, 2.45) is 0 Å². The molecule has 5 aliphatic heterocycles. The van der Waals surface area contributed by atoms with E-state index in [1.165, 1.54) is 21.3 Å². The molecule has 0 atom stereocenters. The minimum atomic E-state index is -0.520. The first-order valence-electron chi connectivity index (χ1n) is 44.7. The van der Waals surface area contributed by atoms with Gasteiger partial charge in [-0.1, -0.05) is 87.7 Å². The summed E-state index contributed by atoms with van der Waals surface area (Å²) < 4.78 is 109. The third kappa shape index (κ3) is 29.0. The molecule has 5 aliphatic rings. The number of nitrogens with zero attached hydrogens (tertiary/aromatic N) is 11. The first-order valence-corrected chi connectivity index (χ1v) is 48.1. The number of anilines is 4. The van der Waals surface area contributed by atoms with Gasteiger partial charge in [0.2, 0.25) is 0 Å². The molecule has 6 aromatic carbocycles. The monoisotopic (exact) mass is 2090 g/mol. The predicted molar refractivity (Wildman–Crippen MR) is 537 cm³/mol. The van der Waals surface area contributed by atoms with Gasteiger partial charge in [0.05, 0.1) is 59.7 Å². The highest BCUT2D eigenvalue weighted by Gasteiger charge is 2.52. The highest BCUT2D eigenvalue weighted by Crippen LogP contribution is 2.41. The third-order valence-electron chi connectivity index (χ3n) is 23.0. The van der Waals surface area contributed by atoms with Gasteiger partial charge in [0.1, 0.15) is 86.3 Å². The van der Waals surface area contributed by atoms with Crippen molar-refractivity contribution in [3.63, 3.8) is 0 Å². The van der Waals surface area contributed by atoms with Gasteiger partial charge in [0.15, 0.2) is 0 Å². The molecular formula is C101H120BBr3Cl2F4N12O12. The molecule has 9 heterocycles. The number of piperazine rings is 4. The van der Waals surface area contributed by atoms with Crippen LogP contribution in [0.1, 0.15) is 129 Å². The summed E-state index contributed by atoms with van der Waals surface area (Å²) in [5, 5.41) is 4.94. The Morgan fingerprint density at radius 2 is 0.711 bits per heavy atom. The average molecular weight is 2090 g/mol. The summed E-state index contributed by atoms with van der Waals surface area (Å²) in [6.07, 6.45) is 7.54. The van der Waals surface area contributed by atoms with E-state index < -0.39 is 23.9 Å². The Labute approximate surface area is 825 Å². The quantitative estimate of drug-likeness (QED) is 0.0365. The van der Waals surface area contributed by atoms with E-state index in [4.69, 9.17) is 65.7 Å². The first kappa shape index (κ1) is 105. The van der Waals surface area contributed by atoms with E-state index in [-0.39, 0.29) is 52.8 Å². The fourth-order valence-electron chi connectivity index (χ4n) is 15.2. The molecule has 5 saturated heterocycles. The van der Waals surface area contributed by atoms with Gasteiger partial charge in [-0.05, 0) is 274 Å². The van der Waals surface area contributed by atoms with Gasteiger partial charge in [-0.15, -0.1) is 0 Å². The number of halogens is 9. The summed E-state index contributed by atoms with van der Waals surface area (Å²) in [5.41, 5.74) is 6.18. The predicted octanol–water partition coefficient (Wildman–Crippen LogP) is 21.3. The normalized spacial score (nSPS) is 15.4. The summed E-state index contributed by atoms with van der Waals surface area (Å²) in [4.78, 5) is 68.7. The molecule has 34 heteroatoms. The van der Waals surface area contributed by atoms with E-state index in [9.17, 15) is 23.2 Å². The number of pyridine rings is 4. The third-order valence-corrected chi connectivity index (χ3v) is 25.5. The van der Waals surface area contributed by atoms with E-state index in [0.29, 0.717) is 190 Å². The smallest absolute Gasteiger partial charge is 0.495 e. The van der Waals surface area contributed by atoms with Crippen LogP contribution in [-0.2, 0) is 48.1 Å². The summed E-state index contributed by atoms with van der Waals surface area (Å²) in [5.74, 6) is 4.15. The van der Waals surface area contributed by atoms with Crippen molar-refractivity contribution in [2.75, 3.05) is 153 Å². The van der Waals surface area contributed by atoms with Crippen LogP contribution in [0, 0.1) is 23.3 Å². The molecule has 10 aromatic rings. The van der Waals surface area contributed by atoms with Gasteiger partial charge < -0.3 is 82.1 Å². The van der Waals surface area contributed by atoms with Crippen LogP contribution >= 0.6 is 71.0 Å². The lowest BCUT2D eigenvalue weighted by atomic mass is 9.79. The lowest BCUT2D eigenvalue weighted by molar-refractivity contribution is 0.00578. The van der Waals surface area contributed by atoms with Crippen LogP contribution in [-0.4, -0.2) is 221 Å². The van der Waals surface area contributed by atoms with E-state index in [0.717, 1.165) is 71.6 Å². The summed E-state index contributed by atoms with van der Waals surface area (Å²) >= 11 is 21.8. The molecule has 0 radical (unpaired) electrons. The van der Waals surface area contributed by atoms with Gasteiger partial charge >= 0.3 is 25.4 Å². The Hall–Kier alpha value is -10.2.